The van der Waals surface area contributed by atoms with Crippen molar-refractivity contribution in [2.75, 3.05) is 17.3 Å². The molecule has 35 heavy (non-hydrogen) atoms. The third-order valence-corrected chi connectivity index (χ3v) is 7.62. The number of hydrogen-bond donors (Lipinski definition) is 1. The standard InChI is InChI=1S/C29H24N2O4/c1-17(32)26-25(27(33)19-11-14-20(35-2)15-12-19)29(21-8-4-5-9-22(21)30-28(29)34)24-16-13-18-7-3-6-10-23(18)31(24)26/h3-16,24-26H,1-2H3,(H,30,34)/t24?,25-,26-,29+/m0/s1. The number of Topliss-reactive ketones (excluding diaryl/α,β-unsaturated/α-hetero) is 2. The Morgan fingerprint density at radius 3 is 2.43 bits per heavy atom. The highest BCUT2D eigenvalue weighted by Crippen LogP contribution is 2.57. The molecule has 6 nitrogen and oxygen atoms in total. The molecule has 1 unspecified atom stereocenters. The fourth-order valence-corrected chi connectivity index (χ4v) is 6.21. The first-order valence-electron chi connectivity index (χ1n) is 11.6. The van der Waals surface area contributed by atoms with Gasteiger partial charge in [-0.25, -0.2) is 0 Å². The Bertz CT molecular complexity index is 1410. The quantitative estimate of drug-likeness (QED) is 0.584. The summed E-state index contributed by atoms with van der Waals surface area (Å²) in [5.41, 5.74) is 2.42. The van der Waals surface area contributed by atoms with Crippen LogP contribution >= 0.6 is 0 Å². The van der Waals surface area contributed by atoms with E-state index in [1.807, 2.05) is 65.6 Å². The average molecular weight is 465 g/mol. The number of hydrogen-bond acceptors (Lipinski definition) is 5. The third kappa shape index (κ3) is 2.80. The van der Waals surface area contributed by atoms with Crippen LogP contribution < -0.4 is 15.0 Å². The molecule has 6 heteroatoms. The molecule has 1 fully saturated rings. The molecule has 0 aromatic heterocycles. The summed E-state index contributed by atoms with van der Waals surface area (Å²) in [6, 6.07) is 20.8. The summed E-state index contributed by atoms with van der Waals surface area (Å²) in [6.07, 6.45) is 3.96. The van der Waals surface area contributed by atoms with Crippen LogP contribution in [-0.2, 0) is 15.0 Å². The summed E-state index contributed by atoms with van der Waals surface area (Å²) in [5.74, 6) is -0.934. The summed E-state index contributed by atoms with van der Waals surface area (Å²) >= 11 is 0. The van der Waals surface area contributed by atoms with E-state index in [1.165, 1.54) is 6.92 Å². The summed E-state index contributed by atoms with van der Waals surface area (Å²) in [6.45, 7) is 1.51. The van der Waals surface area contributed by atoms with Gasteiger partial charge >= 0.3 is 0 Å². The summed E-state index contributed by atoms with van der Waals surface area (Å²) in [7, 11) is 1.57. The number of ether oxygens (including phenoxy) is 1. The van der Waals surface area contributed by atoms with E-state index in [1.54, 1.807) is 31.4 Å². The normalized spacial score (nSPS) is 25.6. The first-order valence-corrected chi connectivity index (χ1v) is 11.6. The highest BCUT2D eigenvalue weighted by atomic mass is 16.5. The molecule has 3 aliphatic heterocycles. The predicted molar refractivity (Wildman–Crippen MR) is 134 cm³/mol. The van der Waals surface area contributed by atoms with Gasteiger partial charge in [-0.3, -0.25) is 14.4 Å². The SMILES string of the molecule is COc1ccc(C(=O)[C@@H]2[C@H](C(C)=O)N3c4ccccc4C=CC3[C@@]23C(=O)Nc2ccccc23)cc1. The highest BCUT2D eigenvalue weighted by Gasteiger charge is 2.69. The zero-order valence-corrected chi connectivity index (χ0v) is 19.4. The van der Waals surface area contributed by atoms with E-state index in [2.05, 4.69) is 5.32 Å². The van der Waals surface area contributed by atoms with Gasteiger partial charge in [-0.1, -0.05) is 48.6 Å². The lowest BCUT2D eigenvalue weighted by Gasteiger charge is -2.37. The number of carbonyl (C=O) groups is 3. The number of carbonyl (C=O) groups excluding carboxylic acids is 3. The van der Waals surface area contributed by atoms with Crippen LogP contribution in [0.3, 0.4) is 0 Å². The zero-order valence-electron chi connectivity index (χ0n) is 19.4. The van der Waals surface area contributed by atoms with Crippen molar-refractivity contribution in [2.24, 2.45) is 5.92 Å². The number of nitrogens with one attached hydrogen (secondary N) is 1. The number of methoxy groups -OCH3 is 1. The average Bonchev–Trinajstić information content (AvgIpc) is 3.37. The molecule has 1 spiro atoms. The van der Waals surface area contributed by atoms with Crippen LogP contribution in [0.25, 0.3) is 6.08 Å². The number of ketones is 2. The van der Waals surface area contributed by atoms with Crippen LogP contribution in [0.1, 0.15) is 28.4 Å². The van der Waals surface area contributed by atoms with Gasteiger partial charge in [-0.2, -0.15) is 0 Å². The molecule has 3 heterocycles. The Morgan fingerprint density at radius 2 is 1.69 bits per heavy atom. The van der Waals surface area contributed by atoms with Crippen molar-refractivity contribution in [1.82, 2.24) is 0 Å². The Morgan fingerprint density at radius 1 is 0.971 bits per heavy atom. The summed E-state index contributed by atoms with van der Waals surface area (Å²) in [4.78, 5) is 43.6. The smallest absolute Gasteiger partial charge is 0.238 e. The monoisotopic (exact) mass is 464 g/mol. The third-order valence-electron chi connectivity index (χ3n) is 7.62. The maximum atomic E-state index is 14.3. The van der Waals surface area contributed by atoms with Gasteiger partial charge in [-0.15, -0.1) is 0 Å². The number of fused-ring (bicyclic) bond motifs is 6. The second-order valence-electron chi connectivity index (χ2n) is 9.26. The van der Waals surface area contributed by atoms with Gasteiger partial charge in [0.25, 0.3) is 0 Å². The molecule has 6 rings (SSSR count). The van der Waals surface area contributed by atoms with Crippen molar-refractivity contribution >= 4 is 34.9 Å². The molecule has 0 saturated carbocycles. The Labute approximate surface area is 203 Å². The Kier molecular flexibility index (Phi) is 4.68. The Balaban J connectivity index is 1.63. The maximum absolute atomic E-state index is 14.3. The van der Waals surface area contributed by atoms with Crippen molar-refractivity contribution in [3.8, 4) is 5.75 Å². The molecule has 3 aromatic carbocycles. The molecule has 1 saturated heterocycles. The predicted octanol–water partition coefficient (Wildman–Crippen LogP) is 4.26. The second kappa shape index (κ2) is 7.67. The van der Waals surface area contributed by atoms with Crippen LogP contribution in [0, 0.1) is 5.92 Å². The number of rotatable bonds is 4. The van der Waals surface area contributed by atoms with Gasteiger partial charge in [0.05, 0.1) is 25.1 Å². The molecule has 0 aliphatic carbocycles. The first kappa shape index (κ1) is 21.4. The fourth-order valence-electron chi connectivity index (χ4n) is 6.21. The van der Waals surface area contributed by atoms with Gasteiger partial charge in [-0.05, 0) is 54.4 Å². The first-order chi connectivity index (χ1) is 17.0. The molecule has 174 valence electrons. The highest BCUT2D eigenvalue weighted by molar-refractivity contribution is 6.16. The lowest BCUT2D eigenvalue weighted by Crippen LogP contribution is -2.51. The van der Waals surface area contributed by atoms with Crippen LogP contribution in [0.15, 0.2) is 78.9 Å². The maximum Gasteiger partial charge on any atom is 0.238 e. The minimum Gasteiger partial charge on any atom is -0.497 e. The largest absolute Gasteiger partial charge is 0.497 e. The number of para-hydroxylation sites is 2. The van der Waals surface area contributed by atoms with Crippen LogP contribution in [-0.4, -0.2) is 36.7 Å². The number of benzene rings is 3. The van der Waals surface area contributed by atoms with E-state index < -0.39 is 23.4 Å². The van der Waals surface area contributed by atoms with E-state index in [0.29, 0.717) is 17.0 Å². The van der Waals surface area contributed by atoms with Crippen molar-refractivity contribution in [3.05, 3.63) is 95.6 Å². The molecule has 3 aromatic rings. The lowest BCUT2D eigenvalue weighted by molar-refractivity contribution is -0.122. The molecule has 1 amide bonds. The zero-order chi connectivity index (χ0) is 24.3. The summed E-state index contributed by atoms with van der Waals surface area (Å²) in [5, 5.41) is 3.02. The van der Waals surface area contributed by atoms with E-state index in [-0.39, 0.29) is 17.5 Å². The number of anilines is 2. The number of nitrogens with zero attached hydrogens (tertiary/aromatic N) is 1. The van der Waals surface area contributed by atoms with Gasteiger partial charge < -0.3 is 15.0 Å². The van der Waals surface area contributed by atoms with Crippen LogP contribution in [0.5, 0.6) is 5.75 Å². The van der Waals surface area contributed by atoms with E-state index >= 15 is 0 Å². The molecule has 3 aliphatic rings. The molecular formula is C29H24N2O4. The van der Waals surface area contributed by atoms with Gasteiger partial charge in [0.1, 0.15) is 11.2 Å². The van der Waals surface area contributed by atoms with Gasteiger partial charge in [0.2, 0.25) is 5.91 Å². The minimum atomic E-state index is -1.26. The van der Waals surface area contributed by atoms with E-state index in [0.717, 1.165) is 16.8 Å². The number of amides is 1. The van der Waals surface area contributed by atoms with Gasteiger partial charge in [0.15, 0.2) is 11.6 Å². The van der Waals surface area contributed by atoms with Crippen LogP contribution in [0.2, 0.25) is 0 Å². The van der Waals surface area contributed by atoms with Crippen molar-refractivity contribution in [2.45, 2.75) is 24.4 Å². The van der Waals surface area contributed by atoms with Gasteiger partial charge in [0, 0.05) is 16.9 Å². The molecule has 0 radical (unpaired) electrons. The molecular weight excluding hydrogens is 440 g/mol. The topological polar surface area (TPSA) is 75.7 Å². The van der Waals surface area contributed by atoms with Crippen molar-refractivity contribution < 1.29 is 19.1 Å². The van der Waals surface area contributed by atoms with E-state index in [9.17, 15) is 14.4 Å². The van der Waals surface area contributed by atoms with Crippen molar-refractivity contribution in [1.29, 1.82) is 0 Å². The van der Waals surface area contributed by atoms with E-state index in [4.69, 9.17) is 4.74 Å². The van der Waals surface area contributed by atoms with Crippen molar-refractivity contribution in [3.63, 3.8) is 0 Å². The minimum absolute atomic E-state index is 0.152. The fraction of sp³-hybridized carbons (Fsp3) is 0.207. The molecule has 4 atom stereocenters. The molecule has 0 bridgehead atoms. The van der Waals surface area contributed by atoms with Crippen LogP contribution in [0.4, 0.5) is 11.4 Å². The second-order valence-corrected chi connectivity index (χ2v) is 9.26. The molecule has 1 N–H and O–H groups in total. The summed E-state index contributed by atoms with van der Waals surface area (Å²) < 4.78 is 5.26. The lowest BCUT2D eigenvalue weighted by atomic mass is 9.64. The Hall–Kier alpha value is -4.19.